The molecule has 1 aromatic rings. The molecule has 0 radical (unpaired) electrons. The number of aliphatic carboxylic acids is 1. The van der Waals surface area contributed by atoms with E-state index in [1.807, 2.05) is 13.8 Å². The molecule has 0 amide bonds. The fourth-order valence-electron chi connectivity index (χ4n) is 2.55. The first-order valence-electron chi connectivity index (χ1n) is 6.67. The van der Waals surface area contributed by atoms with Gasteiger partial charge in [-0.15, -0.1) is 5.10 Å². The van der Waals surface area contributed by atoms with Crippen LogP contribution in [0.1, 0.15) is 42.5 Å². The molecule has 2 rings (SSSR count). The Labute approximate surface area is 117 Å². The van der Waals surface area contributed by atoms with Crippen LogP contribution < -0.4 is 5.32 Å². The topological polar surface area (TPSA) is 98.9 Å². The molecule has 0 saturated heterocycles. The molecule has 6 nitrogen and oxygen atoms in total. The van der Waals surface area contributed by atoms with Gasteiger partial charge in [0.15, 0.2) is 5.82 Å². The van der Waals surface area contributed by atoms with Gasteiger partial charge in [-0.3, -0.25) is 4.79 Å². The van der Waals surface area contributed by atoms with Gasteiger partial charge in [0.1, 0.15) is 11.6 Å². The van der Waals surface area contributed by atoms with Crippen molar-refractivity contribution in [3.63, 3.8) is 0 Å². The average molecular weight is 274 g/mol. The number of rotatable bonds is 5. The maximum absolute atomic E-state index is 10.9. The number of carboxylic acids is 1. The first-order chi connectivity index (χ1) is 9.47. The highest BCUT2D eigenvalue weighted by Gasteiger charge is 2.39. The zero-order valence-corrected chi connectivity index (χ0v) is 11.7. The summed E-state index contributed by atoms with van der Waals surface area (Å²) in [7, 11) is 0. The van der Waals surface area contributed by atoms with E-state index in [4.69, 9.17) is 5.11 Å². The molecule has 20 heavy (non-hydrogen) atoms. The van der Waals surface area contributed by atoms with Crippen LogP contribution in [-0.4, -0.2) is 27.8 Å². The normalized spacial score (nSPS) is 16.1. The van der Waals surface area contributed by atoms with Crippen molar-refractivity contribution in [3.05, 3.63) is 16.8 Å². The van der Waals surface area contributed by atoms with Crippen LogP contribution in [0, 0.1) is 30.6 Å². The SMILES string of the molecule is Cc1nnc(NCC2(CC(=O)O)CCC2)c(C#N)c1C. The van der Waals surface area contributed by atoms with Crippen molar-refractivity contribution in [2.75, 3.05) is 11.9 Å². The molecular weight excluding hydrogens is 256 g/mol. The van der Waals surface area contributed by atoms with E-state index in [1.165, 1.54) is 0 Å². The summed E-state index contributed by atoms with van der Waals surface area (Å²) in [5.74, 6) is -0.328. The van der Waals surface area contributed by atoms with E-state index in [-0.39, 0.29) is 11.8 Å². The van der Waals surface area contributed by atoms with Crippen molar-refractivity contribution in [2.45, 2.75) is 39.5 Å². The van der Waals surface area contributed by atoms with Crippen molar-refractivity contribution in [2.24, 2.45) is 5.41 Å². The summed E-state index contributed by atoms with van der Waals surface area (Å²) in [6.45, 7) is 4.17. The number of nitriles is 1. The third-order valence-electron chi connectivity index (χ3n) is 4.14. The Morgan fingerprint density at radius 3 is 2.65 bits per heavy atom. The molecule has 6 heteroatoms. The van der Waals surface area contributed by atoms with Crippen molar-refractivity contribution in [1.82, 2.24) is 10.2 Å². The molecule has 1 saturated carbocycles. The molecule has 0 atom stereocenters. The van der Waals surface area contributed by atoms with Crippen LogP contribution in [0.25, 0.3) is 0 Å². The average Bonchev–Trinajstić information content (AvgIpc) is 2.36. The lowest BCUT2D eigenvalue weighted by atomic mass is 9.66. The quantitative estimate of drug-likeness (QED) is 0.852. The molecule has 1 fully saturated rings. The van der Waals surface area contributed by atoms with Gasteiger partial charge in [0.2, 0.25) is 0 Å². The summed E-state index contributed by atoms with van der Waals surface area (Å²) in [5, 5.41) is 29.4. The first-order valence-corrected chi connectivity index (χ1v) is 6.67. The predicted octanol–water partition coefficient (Wildman–Crippen LogP) is 2.02. The van der Waals surface area contributed by atoms with Crippen LogP contribution >= 0.6 is 0 Å². The summed E-state index contributed by atoms with van der Waals surface area (Å²) in [6.07, 6.45) is 3.00. The van der Waals surface area contributed by atoms with E-state index >= 15 is 0 Å². The van der Waals surface area contributed by atoms with E-state index < -0.39 is 5.97 Å². The van der Waals surface area contributed by atoms with Gasteiger partial charge in [-0.25, -0.2) is 0 Å². The number of aromatic nitrogens is 2. The molecule has 1 aliphatic carbocycles. The third-order valence-corrected chi connectivity index (χ3v) is 4.14. The van der Waals surface area contributed by atoms with Gasteiger partial charge in [-0.05, 0) is 37.7 Å². The lowest BCUT2D eigenvalue weighted by Gasteiger charge is -2.41. The number of aryl methyl sites for hydroxylation is 1. The minimum absolute atomic E-state index is 0.153. The second-order valence-electron chi connectivity index (χ2n) is 5.52. The molecule has 1 aliphatic rings. The van der Waals surface area contributed by atoms with Crippen LogP contribution in [0.4, 0.5) is 5.82 Å². The van der Waals surface area contributed by atoms with Gasteiger partial charge in [0.25, 0.3) is 0 Å². The molecule has 2 N–H and O–H groups in total. The maximum Gasteiger partial charge on any atom is 0.303 e. The molecule has 106 valence electrons. The van der Waals surface area contributed by atoms with E-state index in [0.29, 0.717) is 17.9 Å². The number of carboxylic acid groups (broad SMARTS) is 1. The molecular formula is C14H18N4O2. The van der Waals surface area contributed by atoms with E-state index in [9.17, 15) is 10.1 Å². The number of nitrogens with zero attached hydrogens (tertiary/aromatic N) is 3. The molecule has 0 aromatic carbocycles. The molecule has 1 aromatic heterocycles. The summed E-state index contributed by atoms with van der Waals surface area (Å²) in [5.41, 5.74) is 1.82. The monoisotopic (exact) mass is 274 g/mol. The van der Waals surface area contributed by atoms with Crippen LogP contribution in [0.15, 0.2) is 0 Å². The largest absolute Gasteiger partial charge is 0.481 e. The summed E-state index contributed by atoms with van der Waals surface area (Å²) < 4.78 is 0. The van der Waals surface area contributed by atoms with Crippen molar-refractivity contribution in [1.29, 1.82) is 5.26 Å². The molecule has 0 spiro atoms. The highest BCUT2D eigenvalue weighted by Crippen LogP contribution is 2.44. The number of carbonyl (C=O) groups is 1. The number of hydrogen-bond acceptors (Lipinski definition) is 5. The molecule has 1 heterocycles. The highest BCUT2D eigenvalue weighted by molar-refractivity contribution is 5.68. The number of nitrogens with one attached hydrogen (secondary N) is 1. The minimum atomic E-state index is -0.779. The molecule has 0 unspecified atom stereocenters. The standard InChI is InChI=1S/C14H18N4O2/c1-9-10(2)17-18-13(11(9)7-15)16-8-14(4-3-5-14)6-12(19)20/h3-6,8H2,1-2H3,(H,16,18)(H,19,20). The molecule has 0 bridgehead atoms. The van der Waals surface area contributed by atoms with Crippen LogP contribution in [0.3, 0.4) is 0 Å². The fraction of sp³-hybridized carbons (Fsp3) is 0.571. The predicted molar refractivity (Wildman–Crippen MR) is 73.2 cm³/mol. The Morgan fingerprint density at radius 2 is 2.15 bits per heavy atom. The van der Waals surface area contributed by atoms with Crippen molar-refractivity contribution >= 4 is 11.8 Å². The third kappa shape index (κ3) is 2.72. The van der Waals surface area contributed by atoms with Gasteiger partial charge >= 0.3 is 5.97 Å². The van der Waals surface area contributed by atoms with E-state index in [2.05, 4.69) is 21.6 Å². The van der Waals surface area contributed by atoms with Crippen molar-refractivity contribution in [3.8, 4) is 6.07 Å². The van der Waals surface area contributed by atoms with Crippen LogP contribution in [0.2, 0.25) is 0 Å². The van der Waals surface area contributed by atoms with Gasteiger partial charge in [-0.2, -0.15) is 10.4 Å². The Balaban J connectivity index is 2.13. The van der Waals surface area contributed by atoms with Gasteiger partial charge in [-0.1, -0.05) is 6.42 Å². The van der Waals surface area contributed by atoms with Gasteiger partial charge < -0.3 is 10.4 Å². The molecule has 0 aliphatic heterocycles. The van der Waals surface area contributed by atoms with E-state index in [0.717, 1.165) is 30.5 Å². The second-order valence-corrected chi connectivity index (χ2v) is 5.52. The second kappa shape index (κ2) is 5.45. The smallest absolute Gasteiger partial charge is 0.303 e. The summed E-state index contributed by atoms with van der Waals surface area (Å²) in [6, 6.07) is 2.14. The number of hydrogen-bond donors (Lipinski definition) is 2. The lowest BCUT2D eigenvalue weighted by molar-refractivity contribution is -0.141. The van der Waals surface area contributed by atoms with Crippen molar-refractivity contribution < 1.29 is 9.90 Å². The Hall–Kier alpha value is -2.16. The maximum atomic E-state index is 10.9. The lowest BCUT2D eigenvalue weighted by Crippen LogP contribution is -2.38. The Morgan fingerprint density at radius 1 is 1.45 bits per heavy atom. The summed E-state index contributed by atoms with van der Waals surface area (Å²) in [4.78, 5) is 10.9. The highest BCUT2D eigenvalue weighted by atomic mass is 16.4. The zero-order chi connectivity index (χ0) is 14.8. The zero-order valence-electron chi connectivity index (χ0n) is 11.7. The summed E-state index contributed by atoms with van der Waals surface area (Å²) >= 11 is 0. The Kier molecular flexibility index (Phi) is 3.89. The van der Waals surface area contributed by atoms with E-state index in [1.54, 1.807) is 0 Å². The fourth-order valence-corrected chi connectivity index (χ4v) is 2.55. The van der Waals surface area contributed by atoms with Crippen LogP contribution in [0.5, 0.6) is 0 Å². The first kappa shape index (κ1) is 14.3. The van der Waals surface area contributed by atoms with Gasteiger partial charge in [0.05, 0.1) is 12.1 Å². The minimum Gasteiger partial charge on any atom is -0.481 e. The Bertz CT molecular complexity index is 573. The van der Waals surface area contributed by atoms with Gasteiger partial charge in [0, 0.05) is 6.54 Å². The van der Waals surface area contributed by atoms with Crippen LogP contribution in [-0.2, 0) is 4.79 Å². The number of anilines is 1.